The smallest absolute Gasteiger partial charge is 0.335 e. The van der Waals surface area contributed by atoms with Crippen molar-refractivity contribution in [2.24, 2.45) is 0 Å². The molecule has 0 aliphatic rings. The summed E-state index contributed by atoms with van der Waals surface area (Å²) in [7, 11) is 1.61. The van der Waals surface area contributed by atoms with Crippen molar-refractivity contribution in [3.8, 4) is 5.75 Å². The van der Waals surface area contributed by atoms with Crippen LogP contribution in [0.3, 0.4) is 0 Å². The molecule has 0 aliphatic heterocycles. The number of thiazole rings is 1. The number of hydrogen-bond donors (Lipinski definition) is 1. The summed E-state index contributed by atoms with van der Waals surface area (Å²) in [5, 5.41) is 5.77. The Morgan fingerprint density at radius 1 is 1.38 bits per heavy atom. The van der Waals surface area contributed by atoms with Crippen molar-refractivity contribution in [3.05, 3.63) is 40.3 Å². The van der Waals surface area contributed by atoms with Gasteiger partial charge in [-0.05, 0) is 38.1 Å². The lowest BCUT2D eigenvalue weighted by atomic mass is 10.2. The van der Waals surface area contributed by atoms with Crippen LogP contribution in [0.15, 0.2) is 29.6 Å². The monoisotopic (exact) mass is 306 g/mol. The van der Waals surface area contributed by atoms with Crippen LogP contribution >= 0.6 is 11.3 Å². The first kappa shape index (κ1) is 15.3. The first-order valence-corrected chi connectivity index (χ1v) is 7.51. The molecule has 1 N–H and O–H groups in total. The molecular formula is C15H18N2O3S. The Bertz CT molecular complexity index is 595. The average molecular weight is 306 g/mol. The van der Waals surface area contributed by atoms with Crippen LogP contribution in [0, 0.1) is 6.92 Å². The zero-order valence-electron chi connectivity index (χ0n) is 12.3. The number of methoxy groups -OCH3 is 1. The van der Waals surface area contributed by atoms with Crippen molar-refractivity contribution in [3.63, 3.8) is 0 Å². The van der Waals surface area contributed by atoms with Crippen molar-refractivity contribution in [1.29, 1.82) is 0 Å². The number of benzene rings is 1. The number of nitrogens with one attached hydrogen (secondary N) is 1. The number of esters is 1. The second kappa shape index (κ2) is 7.08. The van der Waals surface area contributed by atoms with E-state index in [2.05, 4.69) is 10.3 Å². The normalized spacial score (nSPS) is 11.8. The molecule has 2 rings (SSSR count). The van der Waals surface area contributed by atoms with E-state index in [0.29, 0.717) is 11.6 Å². The van der Waals surface area contributed by atoms with Gasteiger partial charge in [0.05, 0.1) is 13.7 Å². The Balaban J connectivity index is 2.20. The lowest BCUT2D eigenvalue weighted by Crippen LogP contribution is -2.23. The quantitative estimate of drug-likeness (QED) is 0.831. The zero-order chi connectivity index (χ0) is 15.2. The number of aryl methyl sites for hydroxylation is 1. The minimum absolute atomic E-state index is 0.331. The zero-order valence-corrected chi connectivity index (χ0v) is 13.1. The van der Waals surface area contributed by atoms with Crippen molar-refractivity contribution in [1.82, 2.24) is 4.98 Å². The van der Waals surface area contributed by atoms with Crippen LogP contribution in [0.4, 0.5) is 5.69 Å². The van der Waals surface area contributed by atoms with E-state index in [4.69, 9.17) is 9.47 Å². The van der Waals surface area contributed by atoms with Gasteiger partial charge in [-0.2, -0.15) is 0 Å². The van der Waals surface area contributed by atoms with Crippen molar-refractivity contribution in [2.75, 3.05) is 19.0 Å². The summed E-state index contributed by atoms with van der Waals surface area (Å²) in [4.78, 5) is 16.5. The molecule has 0 fully saturated rings. The third-order valence-corrected chi connectivity index (χ3v) is 3.83. The molecule has 1 atom stereocenters. The van der Waals surface area contributed by atoms with Crippen LogP contribution in [-0.4, -0.2) is 24.7 Å². The van der Waals surface area contributed by atoms with E-state index < -0.39 is 6.04 Å². The van der Waals surface area contributed by atoms with Gasteiger partial charge in [-0.1, -0.05) is 0 Å². The van der Waals surface area contributed by atoms with Gasteiger partial charge >= 0.3 is 5.97 Å². The van der Waals surface area contributed by atoms with Crippen LogP contribution in [0.2, 0.25) is 0 Å². The number of ether oxygens (including phenoxy) is 2. The number of carbonyl (C=O) groups is 1. The summed E-state index contributed by atoms with van der Waals surface area (Å²) in [6, 6.07) is 6.77. The molecule has 6 heteroatoms. The van der Waals surface area contributed by atoms with E-state index >= 15 is 0 Å². The number of nitrogens with zero attached hydrogens (tertiary/aromatic N) is 1. The lowest BCUT2D eigenvalue weighted by Gasteiger charge is -2.16. The predicted octanol–water partition coefficient (Wildman–Crippen LogP) is 3.18. The molecule has 1 heterocycles. The molecular weight excluding hydrogens is 288 g/mol. The summed E-state index contributed by atoms with van der Waals surface area (Å²) in [6.45, 7) is 4.02. The Labute approximate surface area is 127 Å². The highest BCUT2D eigenvalue weighted by atomic mass is 32.1. The minimum atomic E-state index is -0.600. The van der Waals surface area contributed by atoms with Crippen molar-refractivity contribution in [2.45, 2.75) is 19.9 Å². The molecule has 1 unspecified atom stereocenters. The second-order valence-corrected chi connectivity index (χ2v) is 5.27. The molecule has 1 aromatic carbocycles. The van der Waals surface area contributed by atoms with E-state index in [9.17, 15) is 4.79 Å². The maximum absolute atomic E-state index is 12.1. The number of carbonyl (C=O) groups excluding carboxylic acids is 1. The summed E-state index contributed by atoms with van der Waals surface area (Å²) in [6.07, 6.45) is 0. The lowest BCUT2D eigenvalue weighted by molar-refractivity contribution is -0.144. The fourth-order valence-electron chi connectivity index (χ4n) is 1.81. The molecule has 112 valence electrons. The van der Waals surface area contributed by atoms with Crippen LogP contribution < -0.4 is 10.1 Å². The molecule has 2 aromatic rings. The van der Waals surface area contributed by atoms with Gasteiger partial charge in [0, 0.05) is 16.8 Å². The predicted molar refractivity (Wildman–Crippen MR) is 82.8 cm³/mol. The van der Waals surface area contributed by atoms with E-state index in [1.807, 2.05) is 36.6 Å². The van der Waals surface area contributed by atoms with Crippen molar-refractivity contribution >= 4 is 23.0 Å². The highest BCUT2D eigenvalue weighted by Gasteiger charge is 2.24. The van der Waals surface area contributed by atoms with Crippen LogP contribution in [-0.2, 0) is 9.53 Å². The first-order chi connectivity index (χ1) is 10.1. The van der Waals surface area contributed by atoms with Gasteiger partial charge in [0.1, 0.15) is 10.8 Å². The van der Waals surface area contributed by atoms with E-state index in [-0.39, 0.29) is 5.97 Å². The number of rotatable bonds is 6. The molecule has 21 heavy (non-hydrogen) atoms. The van der Waals surface area contributed by atoms with E-state index in [1.54, 1.807) is 14.0 Å². The molecule has 0 spiro atoms. The summed E-state index contributed by atoms with van der Waals surface area (Å²) in [5.74, 6) is 0.431. The molecule has 0 amide bonds. The largest absolute Gasteiger partial charge is 0.497 e. The summed E-state index contributed by atoms with van der Waals surface area (Å²) >= 11 is 1.44. The Hall–Kier alpha value is -2.08. The number of anilines is 1. The molecule has 0 saturated heterocycles. The Morgan fingerprint density at radius 3 is 2.62 bits per heavy atom. The fourth-order valence-corrected chi connectivity index (χ4v) is 2.64. The van der Waals surface area contributed by atoms with Gasteiger partial charge in [0.2, 0.25) is 0 Å². The second-order valence-electron chi connectivity index (χ2n) is 4.39. The highest BCUT2D eigenvalue weighted by Crippen LogP contribution is 2.25. The fraction of sp³-hybridized carbons (Fsp3) is 0.333. The molecule has 0 saturated carbocycles. The number of hydrogen-bond acceptors (Lipinski definition) is 6. The van der Waals surface area contributed by atoms with Crippen LogP contribution in [0.25, 0.3) is 0 Å². The highest BCUT2D eigenvalue weighted by molar-refractivity contribution is 7.09. The summed E-state index contributed by atoms with van der Waals surface area (Å²) < 4.78 is 10.2. The van der Waals surface area contributed by atoms with Gasteiger partial charge in [0.15, 0.2) is 6.04 Å². The first-order valence-electron chi connectivity index (χ1n) is 6.63. The summed E-state index contributed by atoms with van der Waals surface area (Å²) in [5.41, 5.74) is 1.70. The van der Waals surface area contributed by atoms with Crippen LogP contribution in [0.5, 0.6) is 5.75 Å². The molecule has 0 radical (unpaired) electrons. The van der Waals surface area contributed by atoms with Gasteiger partial charge in [-0.3, -0.25) is 0 Å². The Kier molecular flexibility index (Phi) is 5.16. The Morgan fingerprint density at radius 2 is 2.10 bits per heavy atom. The number of aromatic nitrogens is 1. The maximum atomic E-state index is 12.1. The van der Waals surface area contributed by atoms with Gasteiger partial charge < -0.3 is 14.8 Å². The minimum Gasteiger partial charge on any atom is -0.497 e. The molecule has 1 aromatic heterocycles. The van der Waals surface area contributed by atoms with Crippen LogP contribution in [0.1, 0.15) is 23.7 Å². The van der Waals surface area contributed by atoms with E-state index in [0.717, 1.165) is 17.1 Å². The SMILES string of the molecule is CCOC(=O)C(Nc1ccc(OC)cc1)c1nc(C)cs1. The average Bonchev–Trinajstić information content (AvgIpc) is 2.92. The van der Waals surface area contributed by atoms with Gasteiger partial charge in [0.25, 0.3) is 0 Å². The molecule has 5 nitrogen and oxygen atoms in total. The van der Waals surface area contributed by atoms with Gasteiger partial charge in [-0.15, -0.1) is 11.3 Å². The third kappa shape index (κ3) is 3.95. The molecule has 0 bridgehead atoms. The maximum Gasteiger partial charge on any atom is 0.335 e. The standard InChI is InChI=1S/C15H18N2O3S/c1-4-20-15(18)13(14-16-10(2)9-21-14)17-11-5-7-12(19-3)8-6-11/h5-9,13,17H,4H2,1-3H3. The topological polar surface area (TPSA) is 60.5 Å². The van der Waals surface area contributed by atoms with E-state index in [1.165, 1.54) is 11.3 Å². The van der Waals surface area contributed by atoms with Gasteiger partial charge in [-0.25, -0.2) is 9.78 Å². The van der Waals surface area contributed by atoms with Crippen molar-refractivity contribution < 1.29 is 14.3 Å². The third-order valence-electron chi connectivity index (χ3n) is 2.81. The molecule has 0 aliphatic carbocycles.